The van der Waals surface area contributed by atoms with Crippen LogP contribution in [0.1, 0.15) is 16.7 Å². The van der Waals surface area contributed by atoms with Gasteiger partial charge < -0.3 is 5.73 Å². The van der Waals surface area contributed by atoms with Crippen molar-refractivity contribution in [2.75, 3.05) is 5.73 Å². The quantitative estimate of drug-likeness (QED) is 0.849. The van der Waals surface area contributed by atoms with Gasteiger partial charge in [-0.25, -0.2) is 4.98 Å². The maximum Gasteiger partial charge on any atom is 0.181 e. The number of thiophene rings is 1. The first-order valence-electron chi connectivity index (χ1n) is 4.69. The Kier molecular flexibility index (Phi) is 3.66. The summed E-state index contributed by atoms with van der Waals surface area (Å²) in [5, 5.41) is 0.651. The minimum absolute atomic E-state index is 0.651. The largest absolute Gasteiger partial charge is 0.375 e. The normalized spacial score (nSPS) is 10.7. The molecule has 0 aliphatic rings. The molecule has 0 aliphatic carbocycles. The summed E-state index contributed by atoms with van der Waals surface area (Å²) in [5.74, 6) is 1.02. The van der Waals surface area contributed by atoms with Gasteiger partial charge in [-0.05, 0) is 18.6 Å². The van der Waals surface area contributed by atoms with Crippen LogP contribution in [0.25, 0.3) is 0 Å². The molecule has 2 nitrogen and oxygen atoms in total. The third-order valence-electron chi connectivity index (χ3n) is 1.92. The summed E-state index contributed by atoms with van der Waals surface area (Å²) in [4.78, 5) is 6.90. The van der Waals surface area contributed by atoms with E-state index in [4.69, 9.17) is 5.73 Å². The summed E-state index contributed by atoms with van der Waals surface area (Å²) in [6.07, 6.45) is 2.97. The van der Waals surface area contributed by atoms with E-state index in [1.807, 2.05) is 17.5 Å². The molecule has 2 heterocycles. The number of aromatic nitrogens is 1. The van der Waals surface area contributed by atoms with Gasteiger partial charge in [-0.1, -0.05) is 18.3 Å². The van der Waals surface area contributed by atoms with Crippen LogP contribution in [0.15, 0.2) is 22.5 Å². The fourth-order valence-electron chi connectivity index (χ4n) is 1.17. The van der Waals surface area contributed by atoms with E-state index >= 15 is 0 Å². The number of anilines is 1. The minimum Gasteiger partial charge on any atom is -0.375 e. The van der Waals surface area contributed by atoms with Gasteiger partial charge in [-0.15, -0.1) is 23.1 Å². The standard InChI is InChI=1S/C10H12N2S3/c1-2-7-3-4-8(14-7)6-13-9-5-12-10(11)15-9/h3-5H,2,6H2,1H3,(H2,11,12). The zero-order valence-corrected chi connectivity index (χ0v) is 10.8. The fraction of sp³-hybridized carbons (Fsp3) is 0.300. The number of hydrogen-bond acceptors (Lipinski definition) is 5. The Bertz CT molecular complexity index is 433. The predicted molar refractivity (Wildman–Crippen MR) is 69.8 cm³/mol. The highest BCUT2D eigenvalue weighted by Crippen LogP contribution is 2.31. The van der Waals surface area contributed by atoms with Crippen molar-refractivity contribution < 1.29 is 0 Å². The molecule has 2 rings (SSSR count). The highest BCUT2D eigenvalue weighted by molar-refractivity contribution is 8.00. The van der Waals surface area contributed by atoms with E-state index in [-0.39, 0.29) is 0 Å². The molecule has 15 heavy (non-hydrogen) atoms. The molecule has 2 aromatic heterocycles. The second-order valence-electron chi connectivity index (χ2n) is 3.03. The van der Waals surface area contributed by atoms with Crippen molar-refractivity contribution >= 4 is 39.6 Å². The maximum absolute atomic E-state index is 5.57. The Balaban J connectivity index is 1.93. The zero-order chi connectivity index (χ0) is 10.7. The van der Waals surface area contributed by atoms with Gasteiger partial charge in [0.25, 0.3) is 0 Å². The Morgan fingerprint density at radius 2 is 2.13 bits per heavy atom. The van der Waals surface area contributed by atoms with Crippen LogP contribution in [0.5, 0.6) is 0 Å². The van der Waals surface area contributed by atoms with Crippen LogP contribution in [0.2, 0.25) is 0 Å². The van der Waals surface area contributed by atoms with Crippen LogP contribution >= 0.6 is 34.4 Å². The van der Waals surface area contributed by atoms with Gasteiger partial charge in [0.15, 0.2) is 5.13 Å². The number of rotatable bonds is 4. The van der Waals surface area contributed by atoms with Crippen LogP contribution in [-0.4, -0.2) is 4.98 Å². The van der Waals surface area contributed by atoms with Crippen molar-refractivity contribution in [3.05, 3.63) is 28.1 Å². The number of nitrogens with zero attached hydrogens (tertiary/aromatic N) is 1. The number of thiazole rings is 1. The third kappa shape index (κ3) is 2.96. The first kappa shape index (κ1) is 11.0. The first-order valence-corrected chi connectivity index (χ1v) is 7.31. The van der Waals surface area contributed by atoms with Crippen molar-refractivity contribution in [2.45, 2.75) is 23.3 Å². The number of aryl methyl sites for hydroxylation is 1. The molecule has 80 valence electrons. The molecular formula is C10H12N2S3. The molecule has 0 atom stereocenters. The van der Waals surface area contributed by atoms with Crippen LogP contribution in [0.3, 0.4) is 0 Å². The molecule has 0 bridgehead atoms. The maximum atomic E-state index is 5.57. The van der Waals surface area contributed by atoms with Crippen LogP contribution in [0, 0.1) is 0 Å². The molecule has 2 N–H and O–H groups in total. The summed E-state index contributed by atoms with van der Waals surface area (Å²) in [6, 6.07) is 4.42. The van der Waals surface area contributed by atoms with E-state index in [0.717, 1.165) is 12.2 Å². The molecule has 0 radical (unpaired) electrons. The van der Waals surface area contributed by atoms with Crippen molar-refractivity contribution in [3.63, 3.8) is 0 Å². The Morgan fingerprint density at radius 3 is 2.73 bits per heavy atom. The van der Waals surface area contributed by atoms with Gasteiger partial charge in [0.05, 0.1) is 10.4 Å². The van der Waals surface area contributed by atoms with Gasteiger partial charge in [-0.2, -0.15) is 0 Å². The number of nitrogen functional groups attached to an aromatic ring is 1. The molecule has 0 amide bonds. The summed E-state index contributed by atoms with van der Waals surface area (Å²) in [5.41, 5.74) is 5.57. The van der Waals surface area contributed by atoms with Crippen LogP contribution in [0.4, 0.5) is 5.13 Å². The van der Waals surface area contributed by atoms with Gasteiger partial charge in [0.2, 0.25) is 0 Å². The molecule has 0 unspecified atom stereocenters. The first-order chi connectivity index (χ1) is 7.28. The van der Waals surface area contributed by atoms with E-state index < -0.39 is 0 Å². The Morgan fingerprint density at radius 1 is 1.33 bits per heavy atom. The van der Waals surface area contributed by atoms with Crippen LogP contribution in [-0.2, 0) is 12.2 Å². The number of thioether (sulfide) groups is 1. The zero-order valence-electron chi connectivity index (χ0n) is 8.40. The molecule has 5 heteroatoms. The van der Waals surface area contributed by atoms with Gasteiger partial charge in [-0.3, -0.25) is 0 Å². The van der Waals surface area contributed by atoms with E-state index in [9.17, 15) is 0 Å². The van der Waals surface area contributed by atoms with Gasteiger partial charge in [0, 0.05) is 15.5 Å². The molecule has 0 fully saturated rings. The molecule has 0 aliphatic heterocycles. The van der Waals surface area contributed by atoms with Crippen LogP contribution < -0.4 is 5.73 Å². The molecule has 0 saturated carbocycles. The predicted octanol–water partition coefficient (Wildman–Crippen LogP) is 3.64. The van der Waals surface area contributed by atoms with E-state index in [1.165, 1.54) is 14.0 Å². The lowest BCUT2D eigenvalue weighted by Crippen LogP contribution is -1.77. The van der Waals surface area contributed by atoms with Gasteiger partial charge in [0.1, 0.15) is 0 Å². The second kappa shape index (κ2) is 5.01. The average Bonchev–Trinajstić information content (AvgIpc) is 2.83. The molecule has 2 aromatic rings. The van der Waals surface area contributed by atoms with E-state index in [2.05, 4.69) is 24.0 Å². The lowest BCUT2D eigenvalue weighted by atomic mass is 10.4. The van der Waals surface area contributed by atoms with E-state index in [1.54, 1.807) is 23.1 Å². The minimum atomic E-state index is 0.651. The highest BCUT2D eigenvalue weighted by Gasteiger charge is 2.02. The lowest BCUT2D eigenvalue weighted by molar-refractivity contribution is 1.19. The monoisotopic (exact) mass is 256 g/mol. The fourth-order valence-corrected chi connectivity index (χ4v) is 3.93. The summed E-state index contributed by atoms with van der Waals surface area (Å²) < 4.78 is 1.19. The Labute approximate surface area is 102 Å². The van der Waals surface area contributed by atoms with Crippen molar-refractivity contribution in [1.29, 1.82) is 0 Å². The highest BCUT2D eigenvalue weighted by atomic mass is 32.2. The lowest BCUT2D eigenvalue weighted by Gasteiger charge is -1.93. The SMILES string of the molecule is CCc1ccc(CSc2cnc(N)s2)s1. The average molecular weight is 256 g/mol. The Hall–Kier alpha value is -0.520. The third-order valence-corrected chi connectivity index (χ3v) is 5.41. The van der Waals surface area contributed by atoms with Gasteiger partial charge >= 0.3 is 0 Å². The number of hydrogen-bond donors (Lipinski definition) is 1. The second-order valence-corrected chi connectivity index (χ2v) is 6.62. The van der Waals surface area contributed by atoms with Crippen molar-refractivity contribution in [3.8, 4) is 0 Å². The molecular weight excluding hydrogens is 244 g/mol. The summed E-state index contributed by atoms with van der Waals surface area (Å²) >= 11 is 5.25. The smallest absolute Gasteiger partial charge is 0.181 e. The molecule has 0 spiro atoms. The topological polar surface area (TPSA) is 38.9 Å². The number of nitrogens with two attached hydrogens (primary N) is 1. The molecule has 0 aromatic carbocycles. The van der Waals surface area contributed by atoms with E-state index in [0.29, 0.717) is 5.13 Å². The summed E-state index contributed by atoms with van der Waals surface area (Å²) in [7, 11) is 0. The summed E-state index contributed by atoms with van der Waals surface area (Å²) in [6.45, 7) is 2.19. The molecule has 0 saturated heterocycles. The van der Waals surface area contributed by atoms with Crippen molar-refractivity contribution in [1.82, 2.24) is 4.98 Å². The van der Waals surface area contributed by atoms with Crippen molar-refractivity contribution in [2.24, 2.45) is 0 Å².